The summed E-state index contributed by atoms with van der Waals surface area (Å²) >= 11 is 0. The number of para-hydroxylation sites is 1. The van der Waals surface area contributed by atoms with Gasteiger partial charge in [-0.05, 0) is 48.2 Å². The number of nitrogens with one attached hydrogen (secondary N) is 2. The van der Waals surface area contributed by atoms with Crippen LogP contribution in [0, 0.1) is 17.3 Å². The van der Waals surface area contributed by atoms with Crippen LogP contribution in [0.5, 0.6) is 0 Å². The Morgan fingerprint density at radius 3 is 2.58 bits per heavy atom. The van der Waals surface area contributed by atoms with Gasteiger partial charge in [0.15, 0.2) is 5.82 Å². The van der Waals surface area contributed by atoms with Crippen molar-refractivity contribution in [3.05, 3.63) is 111 Å². The van der Waals surface area contributed by atoms with Gasteiger partial charge in [0.25, 0.3) is 11.5 Å². The highest BCUT2D eigenvalue weighted by Crippen LogP contribution is 2.19. The summed E-state index contributed by atoms with van der Waals surface area (Å²) < 4.78 is 3.50. The van der Waals surface area contributed by atoms with Gasteiger partial charge in [-0.1, -0.05) is 49.1 Å². The number of fused-ring (bicyclic) bond motifs is 1. The van der Waals surface area contributed by atoms with Crippen molar-refractivity contribution in [3.8, 4) is 17.5 Å². The monoisotopic (exact) mass is 532 g/mol. The largest absolute Gasteiger partial charge is 0.382 e. The average molecular weight is 533 g/mol. The van der Waals surface area contributed by atoms with E-state index in [-0.39, 0.29) is 16.9 Å². The predicted octanol–water partition coefficient (Wildman–Crippen LogP) is 3.44. The highest BCUT2D eigenvalue weighted by atomic mass is 16.1. The molecule has 0 aliphatic rings. The first kappa shape index (κ1) is 27.3. The number of H-pyrrole nitrogens is 1. The number of carbonyl (C=O) groups is 1. The second kappa shape index (κ2) is 12.2. The maximum atomic E-state index is 13.4. The number of carbonyl (C=O) groups excluding carboxylic acids is 1. The summed E-state index contributed by atoms with van der Waals surface area (Å²) in [6.07, 6.45) is 8.34. The number of anilines is 1. The predicted molar refractivity (Wildman–Crippen MR) is 157 cm³/mol. The number of nitrogens with two attached hydrogens (primary N) is 2. The number of nitrogen functional groups attached to an aromatic ring is 1. The van der Waals surface area contributed by atoms with Crippen molar-refractivity contribution in [1.82, 2.24) is 24.5 Å². The zero-order chi connectivity index (χ0) is 28.6. The van der Waals surface area contributed by atoms with E-state index < -0.39 is 5.91 Å². The van der Waals surface area contributed by atoms with Gasteiger partial charge in [0.1, 0.15) is 5.56 Å². The van der Waals surface area contributed by atoms with Crippen molar-refractivity contribution in [3.63, 3.8) is 0 Å². The van der Waals surface area contributed by atoms with Crippen molar-refractivity contribution in [1.29, 1.82) is 5.41 Å². The van der Waals surface area contributed by atoms with Crippen LogP contribution in [0.15, 0.2) is 77.9 Å². The second-order valence-corrected chi connectivity index (χ2v) is 8.68. The number of aromatic nitrogens is 5. The molecule has 0 aliphatic heterocycles. The fourth-order valence-electron chi connectivity index (χ4n) is 4.16. The molecule has 40 heavy (non-hydrogen) atoms. The van der Waals surface area contributed by atoms with Crippen LogP contribution in [-0.4, -0.2) is 36.7 Å². The lowest BCUT2D eigenvalue weighted by molar-refractivity contribution is 0.100. The average Bonchev–Trinajstić information content (AvgIpc) is 3.55. The number of amides is 1. The molecule has 0 atom stereocenters. The van der Waals surface area contributed by atoms with Crippen molar-refractivity contribution in [2.24, 2.45) is 12.8 Å². The normalized spacial score (nSPS) is 10.6. The Morgan fingerprint density at radius 2 is 1.93 bits per heavy atom. The van der Waals surface area contributed by atoms with E-state index in [1.54, 1.807) is 15.4 Å². The first-order valence-corrected chi connectivity index (χ1v) is 12.4. The SMILES string of the molecule is CCc1cc2cccc(C#Cc3cnn(C)c3)c2c(=O)n1-c1ccccc1.N=C/C=C\c1[nH]nc(N)c1C(N)=O. The van der Waals surface area contributed by atoms with E-state index in [2.05, 4.69) is 40.1 Å². The quantitative estimate of drug-likeness (QED) is 0.201. The van der Waals surface area contributed by atoms with Gasteiger partial charge in [-0.25, -0.2) is 0 Å². The molecule has 200 valence electrons. The standard InChI is InChI=1S/C23H19N3O.C7H9N5O/c1-3-20-14-19-9-7-8-18(13-12-17-15-24-25(2)16-17)22(19)23(27)26(20)21-10-5-4-6-11-21;8-3-1-2-4-5(7(10)13)6(9)12-11-4/h4-11,14-16H,3H2,1-2H3;1-3,8H,(H2,10,13)(H3,9,11,12)/b;2-1-,8-3?. The van der Waals surface area contributed by atoms with Gasteiger partial charge in [-0.2, -0.15) is 10.2 Å². The number of allylic oxidation sites excluding steroid dienone is 1. The van der Waals surface area contributed by atoms with E-state index >= 15 is 0 Å². The van der Waals surface area contributed by atoms with Crippen molar-refractivity contribution in [2.45, 2.75) is 13.3 Å². The summed E-state index contributed by atoms with van der Waals surface area (Å²) in [6, 6.07) is 17.6. The van der Waals surface area contributed by atoms with Crippen LogP contribution < -0.4 is 17.0 Å². The summed E-state index contributed by atoms with van der Waals surface area (Å²) in [7, 11) is 1.86. The second-order valence-electron chi connectivity index (χ2n) is 8.68. The fourth-order valence-corrected chi connectivity index (χ4v) is 4.16. The van der Waals surface area contributed by atoms with E-state index in [0.29, 0.717) is 11.1 Å². The van der Waals surface area contributed by atoms with Crippen LogP contribution in [0.1, 0.15) is 39.8 Å². The van der Waals surface area contributed by atoms with Crippen LogP contribution in [0.25, 0.3) is 22.5 Å². The lowest BCUT2D eigenvalue weighted by Crippen LogP contribution is -2.22. The highest BCUT2D eigenvalue weighted by Gasteiger charge is 2.14. The summed E-state index contributed by atoms with van der Waals surface area (Å²) in [5.74, 6) is 5.69. The Balaban J connectivity index is 0.000000240. The zero-order valence-electron chi connectivity index (χ0n) is 22.1. The molecule has 0 bridgehead atoms. The summed E-state index contributed by atoms with van der Waals surface area (Å²) in [6.45, 7) is 2.06. The van der Waals surface area contributed by atoms with Gasteiger partial charge >= 0.3 is 0 Å². The number of aromatic amines is 1. The molecule has 6 N–H and O–H groups in total. The Morgan fingerprint density at radius 1 is 1.15 bits per heavy atom. The summed E-state index contributed by atoms with van der Waals surface area (Å²) in [5.41, 5.74) is 14.4. The van der Waals surface area contributed by atoms with Gasteiger partial charge in [0, 0.05) is 36.4 Å². The van der Waals surface area contributed by atoms with E-state index in [9.17, 15) is 9.59 Å². The molecule has 0 saturated carbocycles. The molecule has 5 rings (SSSR count). The van der Waals surface area contributed by atoms with Crippen molar-refractivity contribution < 1.29 is 4.79 Å². The molecule has 1 amide bonds. The Bertz CT molecular complexity index is 1830. The molecule has 3 heterocycles. The Hall–Kier alpha value is -5.69. The molecule has 5 aromatic rings. The van der Waals surface area contributed by atoms with E-state index in [1.165, 1.54) is 12.2 Å². The third-order valence-electron chi connectivity index (χ3n) is 5.97. The van der Waals surface area contributed by atoms with Crippen molar-refractivity contribution >= 4 is 34.8 Å². The molecule has 2 aromatic carbocycles. The van der Waals surface area contributed by atoms with Gasteiger partial charge < -0.3 is 16.9 Å². The molecule has 10 heteroatoms. The number of aryl methyl sites for hydroxylation is 2. The molecule has 0 unspecified atom stereocenters. The van der Waals surface area contributed by atoms with Crippen molar-refractivity contribution in [2.75, 3.05) is 5.73 Å². The molecule has 3 aromatic heterocycles. The number of primary amides is 1. The molecular weight excluding hydrogens is 504 g/mol. The van der Waals surface area contributed by atoms with Crippen LogP contribution in [0.3, 0.4) is 0 Å². The van der Waals surface area contributed by atoms with Crippen LogP contribution in [0.2, 0.25) is 0 Å². The third kappa shape index (κ3) is 5.89. The number of hydrogen-bond acceptors (Lipinski definition) is 6. The summed E-state index contributed by atoms with van der Waals surface area (Å²) in [5, 5.41) is 18.6. The van der Waals surface area contributed by atoms with Gasteiger partial charge in [0.05, 0.1) is 22.8 Å². The lowest BCUT2D eigenvalue weighted by Gasteiger charge is -2.14. The van der Waals surface area contributed by atoms with Crippen LogP contribution in [-0.2, 0) is 13.5 Å². The maximum Gasteiger partial charge on any atom is 0.264 e. The maximum absolute atomic E-state index is 13.4. The van der Waals surface area contributed by atoms with E-state index in [0.717, 1.165) is 40.5 Å². The number of rotatable bonds is 5. The summed E-state index contributed by atoms with van der Waals surface area (Å²) in [4.78, 5) is 24.3. The minimum absolute atomic E-state index is 0.0355. The van der Waals surface area contributed by atoms with Gasteiger partial charge in [0.2, 0.25) is 0 Å². The van der Waals surface area contributed by atoms with Gasteiger partial charge in [-0.15, -0.1) is 0 Å². The minimum atomic E-state index is -0.643. The Labute approximate surface area is 230 Å². The number of benzene rings is 2. The highest BCUT2D eigenvalue weighted by molar-refractivity contribution is 6.00. The molecular formula is C30H28N8O2. The number of pyridine rings is 1. The Kier molecular flexibility index (Phi) is 8.37. The fraction of sp³-hybridized carbons (Fsp3) is 0.100. The number of hydrogen-bond donors (Lipinski definition) is 4. The molecule has 0 radical (unpaired) electrons. The number of nitrogens with zero attached hydrogens (tertiary/aromatic N) is 4. The van der Waals surface area contributed by atoms with Crippen LogP contribution >= 0.6 is 0 Å². The van der Waals surface area contributed by atoms with E-state index in [4.69, 9.17) is 16.9 Å². The molecule has 0 fully saturated rings. The van der Waals surface area contributed by atoms with E-state index in [1.807, 2.05) is 61.8 Å². The molecule has 0 aliphatic carbocycles. The molecule has 0 spiro atoms. The topological polar surface area (TPSA) is 161 Å². The minimum Gasteiger partial charge on any atom is -0.382 e. The first-order chi connectivity index (χ1) is 19.3. The zero-order valence-corrected chi connectivity index (χ0v) is 22.1. The molecule has 0 saturated heterocycles. The lowest BCUT2D eigenvalue weighted by atomic mass is 10.0. The first-order valence-electron chi connectivity index (χ1n) is 12.4. The smallest absolute Gasteiger partial charge is 0.264 e. The van der Waals surface area contributed by atoms with Gasteiger partial charge in [-0.3, -0.25) is 23.9 Å². The third-order valence-corrected chi connectivity index (χ3v) is 5.97. The molecule has 10 nitrogen and oxygen atoms in total. The van der Waals surface area contributed by atoms with Crippen LogP contribution in [0.4, 0.5) is 5.82 Å².